The van der Waals surface area contributed by atoms with Crippen molar-refractivity contribution in [3.63, 3.8) is 0 Å². The quantitative estimate of drug-likeness (QED) is 0.291. The molecule has 0 N–H and O–H groups in total. The molecular weight excluding hydrogens is 408 g/mol. The number of ketones is 1. The molecule has 0 radical (unpaired) electrons. The van der Waals surface area contributed by atoms with Gasteiger partial charge in [-0.1, -0.05) is 61.9 Å². The Hall–Kier alpha value is -2.16. The van der Waals surface area contributed by atoms with E-state index in [9.17, 15) is 9.59 Å². The van der Waals surface area contributed by atoms with Crippen LogP contribution in [0.2, 0.25) is 0 Å². The van der Waals surface area contributed by atoms with Gasteiger partial charge in [0.1, 0.15) is 6.10 Å². The van der Waals surface area contributed by atoms with Crippen LogP contribution in [0.15, 0.2) is 48.1 Å². The normalized spacial score (nSPS) is 39.8. The Bertz CT molecular complexity index is 976. The first kappa shape index (κ1) is 22.6. The van der Waals surface area contributed by atoms with E-state index in [4.69, 9.17) is 4.74 Å². The predicted molar refractivity (Wildman–Crippen MR) is 131 cm³/mol. The minimum Gasteiger partial charge on any atom is -0.462 e. The number of hydrogen-bond donors (Lipinski definition) is 0. The highest BCUT2D eigenvalue weighted by Gasteiger charge is 2.59. The molecule has 0 bridgehead atoms. The van der Waals surface area contributed by atoms with E-state index in [1.54, 1.807) is 0 Å². The first-order valence-corrected chi connectivity index (χ1v) is 12.9. The number of carbonyl (C=O) groups is 2. The zero-order chi connectivity index (χ0) is 23.2. The second kappa shape index (κ2) is 8.56. The third kappa shape index (κ3) is 3.92. The summed E-state index contributed by atoms with van der Waals surface area (Å²) < 4.78 is 5.58. The van der Waals surface area contributed by atoms with Gasteiger partial charge in [0.15, 0.2) is 5.78 Å². The van der Waals surface area contributed by atoms with Gasteiger partial charge in [0, 0.05) is 19.3 Å². The molecule has 0 saturated heterocycles. The summed E-state index contributed by atoms with van der Waals surface area (Å²) in [6.07, 6.45) is 15.1. The summed E-state index contributed by atoms with van der Waals surface area (Å²) in [5.74, 6) is 2.33. The van der Waals surface area contributed by atoms with Crippen LogP contribution in [-0.2, 0) is 14.3 Å². The maximum atomic E-state index is 13.3. The average molecular weight is 447 g/mol. The van der Waals surface area contributed by atoms with Gasteiger partial charge in [0.05, 0.1) is 0 Å². The van der Waals surface area contributed by atoms with Crippen LogP contribution in [0.4, 0.5) is 0 Å². The molecule has 3 nitrogen and oxygen atoms in total. The zero-order valence-electron chi connectivity index (χ0n) is 20.4. The van der Waals surface area contributed by atoms with Crippen LogP contribution in [0.25, 0.3) is 6.08 Å². The highest BCUT2D eigenvalue weighted by molar-refractivity contribution is 5.96. The lowest BCUT2D eigenvalue weighted by Crippen LogP contribution is -2.51. The number of benzene rings is 1. The van der Waals surface area contributed by atoms with E-state index in [1.165, 1.54) is 25.3 Å². The smallest absolute Gasteiger partial charge is 0.302 e. The Morgan fingerprint density at radius 1 is 1.00 bits per heavy atom. The third-order valence-corrected chi connectivity index (χ3v) is 9.97. The van der Waals surface area contributed by atoms with Gasteiger partial charge in [-0.25, -0.2) is 0 Å². The predicted octanol–water partition coefficient (Wildman–Crippen LogP) is 6.78. The summed E-state index contributed by atoms with van der Waals surface area (Å²) in [5.41, 5.74) is 2.98. The van der Waals surface area contributed by atoms with Gasteiger partial charge >= 0.3 is 5.97 Å². The zero-order valence-corrected chi connectivity index (χ0v) is 20.4. The van der Waals surface area contributed by atoms with E-state index in [0.29, 0.717) is 23.5 Å². The summed E-state index contributed by atoms with van der Waals surface area (Å²) in [6.45, 7) is 6.41. The first-order valence-electron chi connectivity index (χ1n) is 12.9. The highest BCUT2D eigenvalue weighted by atomic mass is 16.5. The van der Waals surface area contributed by atoms with Gasteiger partial charge < -0.3 is 4.74 Å². The first-order chi connectivity index (χ1) is 15.8. The van der Waals surface area contributed by atoms with Crippen molar-refractivity contribution in [2.45, 2.75) is 78.2 Å². The molecule has 1 unspecified atom stereocenters. The molecule has 5 rings (SSSR count). The van der Waals surface area contributed by atoms with Crippen LogP contribution in [0.5, 0.6) is 0 Å². The van der Waals surface area contributed by atoms with Gasteiger partial charge in [-0.15, -0.1) is 0 Å². The molecule has 1 aromatic rings. The van der Waals surface area contributed by atoms with Gasteiger partial charge in [-0.2, -0.15) is 0 Å². The van der Waals surface area contributed by atoms with E-state index in [0.717, 1.165) is 44.1 Å². The lowest BCUT2D eigenvalue weighted by Gasteiger charge is -2.58. The van der Waals surface area contributed by atoms with Gasteiger partial charge in [-0.05, 0) is 85.2 Å². The van der Waals surface area contributed by atoms with Gasteiger partial charge in [0.2, 0.25) is 0 Å². The fourth-order valence-corrected chi connectivity index (χ4v) is 8.29. The van der Waals surface area contributed by atoms with Crippen molar-refractivity contribution >= 4 is 17.8 Å². The Balaban J connectivity index is 1.33. The molecule has 4 aliphatic rings. The molecule has 0 heterocycles. The van der Waals surface area contributed by atoms with Crippen LogP contribution >= 0.6 is 0 Å². The Labute approximate surface area is 198 Å². The lowest BCUT2D eigenvalue weighted by molar-refractivity contribution is -0.149. The Morgan fingerprint density at radius 3 is 2.55 bits per heavy atom. The van der Waals surface area contributed by atoms with Crippen molar-refractivity contribution < 1.29 is 14.3 Å². The van der Waals surface area contributed by atoms with Crippen LogP contribution in [0, 0.1) is 34.5 Å². The fourth-order valence-electron chi connectivity index (χ4n) is 8.29. The van der Waals surface area contributed by atoms with Crippen molar-refractivity contribution in [2.24, 2.45) is 34.5 Å². The van der Waals surface area contributed by atoms with E-state index < -0.39 is 0 Å². The van der Waals surface area contributed by atoms with Crippen LogP contribution in [-0.4, -0.2) is 17.9 Å². The van der Waals surface area contributed by atoms with E-state index in [-0.39, 0.29) is 28.8 Å². The van der Waals surface area contributed by atoms with Crippen molar-refractivity contribution in [2.75, 3.05) is 0 Å². The topological polar surface area (TPSA) is 43.4 Å². The molecule has 176 valence electrons. The minimum atomic E-state index is -0.158. The molecule has 0 spiro atoms. The molecule has 7 atom stereocenters. The second-order valence-corrected chi connectivity index (χ2v) is 11.6. The fraction of sp³-hybridized carbons (Fsp3) is 0.600. The molecule has 33 heavy (non-hydrogen) atoms. The van der Waals surface area contributed by atoms with E-state index >= 15 is 0 Å². The molecule has 4 aliphatic carbocycles. The summed E-state index contributed by atoms with van der Waals surface area (Å²) in [7, 11) is 0. The van der Waals surface area contributed by atoms with Crippen LogP contribution in [0.3, 0.4) is 0 Å². The molecule has 0 aromatic heterocycles. The standard InChI is InChI=1S/C30H38O3/c1-20(31)33-23-15-17-29(2)22(19-23)10-11-24-25-12-13-27(30(25,3)18-16-26(24)29)28(32)14-9-21-7-5-4-6-8-21/h4-10,14,23-27H,11-13,15-19H2,1-3H3/b14-9+/t23-,24-,25-,26-,27?,29-,30-/m0/s1. The van der Waals surface area contributed by atoms with Crippen molar-refractivity contribution in [3.8, 4) is 0 Å². The number of hydrogen-bond acceptors (Lipinski definition) is 3. The monoisotopic (exact) mass is 446 g/mol. The molecule has 0 aliphatic heterocycles. The number of ether oxygens (including phenoxy) is 1. The number of carbonyl (C=O) groups excluding carboxylic acids is 2. The van der Waals surface area contributed by atoms with Gasteiger partial charge in [-0.3, -0.25) is 9.59 Å². The summed E-state index contributed by atoms with van der Waals surface area (Å²) in [5, 5.41) is 0. The summed E-state index contributed by atoms with van der Waals surface area (Å²) >= 11 is 0. The molecule has 3 saturated carbocycles. The number of esters is 1. The third-order valence-electron chi connectivity index (χ3n) is 9.97. The van der Waals surface area contributed by atoms with E-state index in [1.807, 2.05) is 30.4 Å². The summed E-state index contributed by atoms with van der Waals surface area (Å²) in [4.78, 5) is 24.8. The molecular formula is C30H38O3. The van der Waals surface area contributed by atoms with Crippen molar-refractivity contribution in [3.05, 3.63) is 53.6 Å². The van der Waals surface area contributed by atoms with Gasteiger partial charge in [0.25, 0.3) is 0 Å². The maximum Gasteiger partial charge on any atom is 0.302 e. The maximum absolute atomic E-state index is 13.3. The number of fused-ring (bicyclic) bond motifs is 5. The van der Waals surface area contributed by atoms with E-state index in [2.05, 4.69) is 32.1 Å². The Morgan fingerprint density at radius 2 is 1.79 bits per heavy atom. The molecule has 0 amide bonds. The SMILES string of the molecule is CC(=O)O[C@H]1CC[C@@]2(C)C(=CC[C@@H]3[C@@H]2CC[C@]2(C)C(C(=O)/C=C/c4ccccc4)CC[C@@H]32)C1. The second-order valence-electron chi connectivity index (χ2n) is 11.6. The molecule has 3 fully saturated rings. The lowest BCUT2D eigenvalue weighted by atomic mass is 9.47. The number of allylic oxidation sites excluding steroid dienone is 2. The summed E-state index contributed by atoms with van der Waals surface area (Å²) in [6, 6.07) is 10.1. The largest absolute Gasteiger partial charge is 0.462 e. The molecule has 1 aromatic carbocycles. The van der Waals surface area contributed by atoms with Crippen LogP contribution < -0.4 is 0 Å². The highest BCUT2D eigenvalue weighted by Crippen LogP contribution is 2.66. The minimum absolute atomic E-state index is 0.0529. The van der Waals surface area contributed by atoms with Crippen LogP contribution in [0.1, 0.15) is 77.7 Å². The van der Waals surface area contributed by atoms with Crippen molar-refractivity contribution in [1.29, 1.82) is 0 Å². The molecule has 3 heteroatoms. The number of rotatable bonds is 4. The average Bonchev–Trinajstić information content (AvgIpc) is 3.15. The van der Waals surface area contributed by atoms with Crippen molar-refractivity contribution in [1.82, 2.24) is 0 Å². The Kier molecular flexibility index (Phi) is 5.87.